The van der Waals surface area contributed by atoms with E-state index in [1.54, 1.807) is 67.8 Å². The summed E-state index contributed by atoms with van der Waals surface area (Å²) in [5.41, 5.74) is 3.27. The molecule has 0 aliphatic carbocycles. The molecule has 1 atom stereocenters. The number of rotatable bonds is 11. The van der Waals surface area contributed by atoms with Gasteiger partial charge in [0.25, 0.3) is 11.8 Å². The second kappa shape index (κ2) is 15.0. The van der Waals surface area contributed by atoms with Crippen molar-refractivity contribution in [1.82, 2.24) is 9.88 Å². The standard InChI is InChI=1S/C40H35N3O5S/c1-4-37(40(46)43-34-16-10-8-14-31(34)32-15-9-11-17-35(32)43)49-30-21-18-28(19-22-30)41-39(45)33(42-38(44)26-12-6-5-7-13-26)25-27-24-29(47-2)20-23-36(27)48-3/h5-25,37H,4H2,1-3H3,(H,41,45)(H,42,44)/b33-25-. The minimum Gasteiger partial charge on any atom is -0.497 e. The Bertz CT molecular complexity index is 2120. The van der Waals surface area contributed by atoms with Crippen molar-refractivity contribution in [1.29, 1.82) is 0 Å². The van der Waals surface area contributed by atoms with Crippen LogP contribution in [-0.2, 0) is 4.79 Å². The molecule has 0 spiro atoms. The lowest BCUT2D eigenvalue weighted by Crippen LogP contribution is -2.30. The summed E-state index contributed by atoms with van der Waals surface area (Å²) in [5.74, 6) is 0.120. The molecule has 49 heavy (non-hydrogen) atoms. The maximum atomic E-state index is 14.0. The highest BCUT2D eigenvalue weighted by Gasteiger charge is 2.24. The van der Waals surface area contributed by atoms with E-state index in [1.165, 1.54) is 18.9 Å². The van der Waals surface area contributed by atoms with Crippen molar-refractivity contribution in [2.75, 3.05) is 19.5 Å². The molecule has 0 aliphatic rings. The number of benzene rings is 5. The molecular formula is C40H35N3O5S. The first kappa shape index (κ1) is 33.1. The van der Waals surface area contributed by atoms with Crippen LogP contribution in [0.15, 0.2) is 132 Å². The Hall–Kier alpha value is -5.80. The third-order valence-electron chi connectivity index (χ3n) is 8.10. The predicted octanol–water partition coefficient (Wildman–Crippen LogP) is 8.43. The Morgan fingerprint density at radius 2 is 1.41 bits per heavy atom. The van der Waals surface area contributed by atoms with Gasteiger partial charge in [-0.25, -0.2) is 0 Å². The SMILES string of the molecule is CCC(Sc1ccc(NC(=O)/C(=C/c2cc(OC)ccc2OC)NC(=O)c2ccccc2)cc1)C(=O)n1c2ccccc2c2ccccc21. The van der Waals surface area contributed by atoms with Gasteiger partial charge in [0.15, 0.2) is 0 Å². The number of hydrogen-bond donors (Lipinski definition) is 2. The number of carbonyl (C=O) groups excluding carboxylic acids is 3. The largest absolute Gasteiger partial charge is 0.497 e. The topological polar surface area (TPSA) is 98.7 Å². The molecule has 0 saturated carbocycles. The molecule has 2 amide bonds. The molecule has 0 bridgehead atoms. The van der Waals surface area contributed by atoms with Gasteiger partial charge in [-0.15, -0.1) is 11.8 Å². The highest BCUT2D eigenvalue weighted by molar-refractivity contribution is 8.00. The van der Waals surface area contributed by atoms with E-state index in [-0.39, 0.29) is 16.9 Å². The van der Waals surface area contributed by atoms with Crippen LogP contribution in [0.3, 0.4) is 0 Å². The fourth-order valence-electron chi connectivity index (χ4n) is 5.64. The monoisotopic (exact) mass is 669 g/mol. The quantitative estimate of drug-likeness (QED) is 0.106. The maximum absolute atomic E-state index is 14.0. The number of para-hydroxylation sites is 2. The molecule has 1 unspecified atom stereocenters. The number of anilines is 1. The summed E-state index contributed by atoms with van der Waals surface area (Å²) < 4.78 is 12.7. The van der Waals surface area contributed by atoms with Gasteiger partial charge in [-0.05, 0) is 79.2 Å². The average molecular weight is 670 g/mol. The van der Waals surface area contributed by atoms with Crippen molar-refractivity contribution in [3.63, 3.8) is 0 Å². The van der Waals surface area contributed by atoms with Gasteiger partial charge in [-0.2, -0.15) is 0 Å². The van der Waals surface area contributed by atoms with Crippen molar-refractivity contribution >= 4 is 63.1 Å². The number of nitrogens with one attached hydrogen (secondary N) is 2. The summed E-state index contributed by atoms with van der Waals surface area (Å²) in [6.45, 7) is 2.01. The smallest absolute Gasteiger partial charge is 0.272 e. The second-order valence-corrected chi connectivity index (χ2v) is 12.5. The number of ether oxygens (including phenoxy) is 2. The molecular weight excluding hydrogens is 635 g/mol. The number of amides is 2. The van der Waals surface area contributed by atoms with Crippen LogP contribution < -0.4 is 20.1 Å². The number of hydrogen-bond acceptors (Lipinski definition) is 6. The van der Waals surface area contributed by atoms with E-state index in [1.807, 2.05) is 78.2 Å². The molecule has 0 fully saturated rings. The van der Waals surface area contributed by atoms with E-state index in [2.05, 4.69) is 10.6 Å². The average Bonchev–Trinajstić information content (AvgIpc) is 3.48. The zero-order valence-electron chi connectivity index (χ0n) is 27.3. The van der Waals surface area contributed by atoms with Crippen LogP contribution in [0.2, 0.25) is 0 Å². The van der Waals surface area contributed by atoms with Crippen molar-refractivity contribution in [3.05, 3.63) is 138 Å². The molecule has 0 aliphatic heterocycles. The lowest BCUT2D eigenvalue weighted by Gasteiger charge is -2.16. The lowest BCUT2D eigenvalue weighted by atomic mass is 10.1. The molecule has 1 aromatic heterocycles. The van der Waals surface area contributed by atoms with Crippen molar-refractivity contribution in [2.24, 2.45) is 0 Å². The van der Waals surface area contributed by atoms with Gasteiger partial charge >= 0.3 is 0 Å². The third kappa shape index (κ3) is 7.22. The van der Waals surface area contributed by atoms with Gasteiger partial charge < -0.3 is 20.1 Å². The van der Waals surface area contributed by atoms with E-state index in [9.17, 15) is 14.4 Å². The highest BCUT2D eigenvalue weighted by Crippen LogP contribution is 2.33. The summed E-state index contributed by atoms with van der Waals surface area (Å²) >= 11 is 1.48. The van der Waals surface area contributed by atoms with Gasteiger partial charge in [0.1, 0.15) is 17.2 Å². The lowest BCUT2D eigenvalue weighted by molar-refractivity contribution is -0.113. The fourth-order valence-corrected chi connectivity index (χ4v) is 6.64. The predicted molar refractivity (Wildman–Crippen MR) is 197 cm³/mol. The molecule has 0 radical (unpaired) electrons. The normalized spacial score (nSPS) is 12.0. The van der Waals surface area contributed by atoms with E-state index in [4.69, 9.17) is 9.47 Å². The summed E-state index contributed by atoms with van der Waals surface area (Å²) in [6, 6.07) is 37.1. The maximum Gasteiger partial charge on any atom is 0.272 e. The van der Waals surface area contributed by atoms with Gasteiger partial charge in [0.05, 0.1) is 30.5 Å². The highest BCUT2D eigenvalue weighted by atomic mass is 32.2. The van der Waals surface area contributed by atoms with Crippen LogP contribution in [0.25, 0.3) is 27.9 Å². The zero-order valence-corrected chi connectivity index (χ0v) is 28.1. The van der Waals surface area contributed by atoms with Crippen LogP contribution in [-0.4, -0.2) is 41.8 Å². The number of nitrogens with zero attached hydrogens (tertiary/aromatic N) is 1. The molecule has 6 aromatic rings. The third-order valence-corrected chi connectivity index (χ3v) is 9.47. The number of thioether (sulfide) groups is 1. The molecule has 8 nitrogen and oxygen atoms in total. The van der Waals surface area contributed by atoms with Crippen molar-refractivity contribution < 1.29 is 23.9 Å². The first-order valence-electron chi connectivity index (χ1n) is 15.8. The fraction of sp³-hybridized carbons (Fsp3) is 0.125. The van der Waals surface area contributed by atoms with Crippen molar-refractivity contribution in [3.8, 4) is 11.5 Å². The van der Waals surface area contributed by atoms with E-state index in [0.29, 0.717) is 34.7 Å². The van der Waals surface area contributed by atoms with Gasteiger partial charge in [0, 0.05) is 32.5 Å². The van der Waals surface area contributed by atoms with Crippen LogP contribution in [0.1, 0.15) is 34.1 Å². The minimum absolute atomic E-state index is 0.0131. The number of methoxy groups -OCH3 is 2. The van der Waals surface area contributed by atoms with Crippen LogP contribution in [0.5, 0.6) is 11.5 Å². The Kier molecular flexibility index (Phi) is 10.1. The summed E-state index contributed by atoms with van der Waals surface area (Å²) in [4.78, 5) is 41.7. The summed E-state index contributed by atoms with van der Waals surface area (Å²) in [5, 5.41) is 7.41. The van der Waals surface area contributed by atoms with Crippen LogP contribution >= 0.6 is 11.8 Å². The van der Waals surface area contributed by atoms with E-state index in [0.717, 1.165) is 26.7 Å². The molecule has 9 heteroatoms. The van der Waals surface area contributed by atoms with E-state index < -0.39 is 11.8 Å². The Morgan fingerprint density at radius 1 is 0.776 bits per heavy atom. The Morgan fingerprint density at radius 3 is 2.02 bits per heavy atom. The first-order chi connectivity index (χ1) is 23.9. The number of fused-ring (bicyclic) bond motifs is 3. The Balaban J connectivity index is 1.23. The molecule has 6 rings (SSSR count). The van der Waals surface area contributed by atoms with Gasteiger partial charge in [-0.3, -0.25) is 19.0 Å². The molecule has 5 aromatic carbocycles. The summed E-state index contributed by atoms with van der Waals surface area (Å²) in [7, 11) is 3.08. The minimum atomic E-state index is -0.525. The number of carbonyl (C=O) groups is 3. The summed E-state index contributed by atoms with van der Waals surface area (Å²) in [6.07, 6.45) is 2.18. The molecule has 0 saturated heterocycles. The van der Waals surface area contributed by atoms with Gasteiger partial charge in [0.2, 0.25) is 5.91 Å². The molecule has 246 valence electrons. The van der Waals surface area contributed by atoms with E-state index >= 15 is 0 Å². The van der Waals surface area contributed by atoms with Crippen LogP contribution in [0, 0.1) is 0 Å². The van der Waals surface area contributed by atoms with Gasteiger partial charge in [-0.1, -0.05) is 61.5 Å². The zero-order chi connectivity index (χ0) is 34.3. The van der Waals surface area contributed by atoms with Crippen molar-refractivity contribution in [2.45, 2.75) is 23.5 Å². The second-order valence-electron chi connectivity index (χ2n) is 11.2. The first-order valence-corrected chi connectivity index (χ1v) is 16.7. The molecule has 1 heterocycles. The Labute approximate surface area is 288 Å². The molecule has 2 N–H and O–H groups in total. The van der Waals surface area contributed by atoms with Crippen LogP contribution in [0.4, 0.5) is 5.69 Å². The number of aromatic nitrogens is 1.